The zero-order chi connectivity index (χ0) is 24.8. The van der Waals surface area contributed by atoms with E-state index >= 15 is 0 Å². The van der Waals surface area contributed by atoms with E-state index in [2.05, 4.69) is 10.6 Å². The average Bonchev–Trinajstić information content (AvgIpc) is 3.45. The van der Waals surface area contributed by atoms with Gasteiger partial charge in [0.15, 0.2) is 6.10 Å². The number of rotatable bonds is 9. The second-order valence-electron chi connectivity index (χ2n) is 8.61. The fourth-order valence-electron chi connectivity index (χ4n) is 4.70. The molecule has 0 radical (unpaired) electrons. The summed E-state index contributed by atoms with van der Waals surface area (Å²) < 4.78 is 10.7. The van der Waals surface area contributed by atoms with Crippen LogP contribution in [0.5, 0.6) is 0 Å². The number of carboxylic acid groups (broad SMARTS) is 1. The number of aliphatic carboxylic acids is 1. The van der Waals surface area contributed by atoms with Crippen molar-refractivity contribution in [2.45, 2.75) is 49.8 Å². The minimum Gasteiger partial charge on any atom is -0.479 e. The number of amides is 2. The zero-order valence-corrected chi connectivity index (χ0v) is 19.1. The largest absolute Gasteiger partial charge is 0.479 e. The van der Waals surface area contributed by atoms with Gasteiger partial charge in [0.05, 0.1) is 12.1 Å². The maximum atomic E-state index is 12.9. The van der Waals surface area contributed by atoms with Crippen LogP contribution in [-0.2, 0) is 19.1 Å². The highest BCUT2D eigenvalue weighted by Gasteiger charge is 2.37. The van der Waals surface area contributed by atoms with Crippen LogP contribution in [0.2, 0.25) is 0 Å². The van der Waals surface area contributed by atoms with Gasteiger partial charge in [-0.15, -0.1) is 0 Å². The second-order valence-corrected chi connectivity index (χ2v) is 8.61. The standard InChI is InChI=1S/C26H27N3O6/c27-13-6-5-11-22(24(30)28-21-12-14-34-23(21)25(31)32)29-26(33)35-15-20-18-9-3-1-7-16(18)17-8-2-4-10-19(17)20/h1-4,7-10,20-23H,5-6,11-12,14-15H2,(H,28,30)(H,29,33)(H,31,32). The molecule has 1 heterocycles. The highest BCUT2D eigenvalue weighted by molar-refractivity contribution is 5.87. The third-order valence-electron chi connectivity index (χ3n) is 6.40. The molecular weight excluding hydrogens is 450 g/mol. The number of carboxylic acids is 1. The predicted molar refractivity (Wildman–Crippen MR) is 125 cm³/mol. The Morgan fingerprint density at radius 1 is 1.11 bits per heavy atom. The lowest BCUT2D eigenvalue weighted by atomic mass is 9.98. The number of nitriles is 1. The van der Waals surface area contributed by atoms with Gasteiger partial charge in [0.2, 0.25) is 5.91 Å². The smallest absolute Gasteiger partial charge is 0.407 e. The molecule has 0 saturated carbocycles. The van der Waals surface area contributed by atoms with Gasteiger partial charge in [-0.3, -0.25) is 4.79 Å². The average molecular weight is 478 g/mol. The van der Waals surface area contributed by atoms with Gasteiger partial charge in [0.25, 0.3) is 0 Å². The summed E-state index contributed by atoms with van der Waals surface area (Å²) in [5.41, 5.74) is 4.37. The van der Waals surface area contributed by atoms with Crippen LogP contribution in [0.15, 0.2) is 48.5 Å². The minimum absolute atomic E-state index is 0.101. The van der Waals surface area contributed by atoms with Crippen LogP contribution in [0.3, 0.4) is 0 Å². The van der Waals surface area contributed by atoms with Gasteiger partial charge in [0.1, 0.15) is 12.6 Å². The molecule has 182 valence electrons. The Kier molecular flexibility index (Phi) is 7.63. The number of nitrogens with one attached hydrogen (secondary N) is 2. The second kappa shape index (κ2) is 11.0. The molecular formula is C26H27N3O6. The quantitative estimate of drug-likeness (QED) is 0.472. The van der Waals surface area contributed by atoms with Gasteiger partial charge < -0.3 is 25.2 Å². The Morgan fingerprint density at radius 2 is 1.77 bits per heavy atom. The fraction of sp³-hybridized carbons (Fsp3) is 0.385. The Hall–Kier alpha value is -3.90. The van der Waals surface area contributed by atoms with Gasteiger partial charge >= 0.3 is 12.1 Å². The Bertz CT molecular complexity index is 1100. The van der Waals surface area contributed by atoms with Crippen molar-refractivity contribution in [2.75, 3.05) is 13.2 Å². The molecule has 0 aromatic heterocycles. The molecule has 3 atom stereocenters. The predicted octanol–water partition coefficient (Wildman–Crippen LogP) is 2.95. The highest BCUT2D eigenvalue weighted by Crippen LogP contribution is 2.44. The Balaban J connectivity index is 1.40. The first-order chi connectivity index (χ1) is 17.0. The van der Waals surface area contributed by atoms with E-state index in [9.17, 15) is 19.5 Å². The monoisotopic (exact) mass is 477 g/mol. The molecule has 3 N–H and O–H groups in total. The Morgan fingerprint density at radius 3 is 2.40 bits per heavy atom. The molecule has 2 amide bonds. The van der Waals surface area contributed by atoms with Crippen molar-refractivity contribution in [1.29, 1.82) is 5.26 Å². The summed E-state index contributed by atoms with van der Waals surface area (Å²) in [5, 5.41) is 23.4. The molecule has 1 saturated heterocycles. The van der Waals surface area contributed by atoms with E-state index in [1.54, 1.807) is 0 Å². The van der Waals surface area contributed by atoms with Gasteiger partial charge in [-0.2, -0.15) is 5.26 Å². The number of carbonyl (C=O) groups is 3. The molecule has 0 bridgehead atoms. The van der Waals surface area contributed by atoms with E-state index in [0.29, 0.717) is 12.8 Å². The molecule has 1 fully saturated rings. The van der Waals surface area contributed by atoms with Crippen LogP contribution in [0.4, 0.5) is 4.79 Å². The molecule has 9 nitrogen and oxygen atoms in total. The molecule has 2 aromatic carbocycles. The van der Waals surface area contributed by atoms with Gasteiger partial charge in [-0.05, 0) is 41.5 Å². The summed E-state index contributed by atoms with van der Waals surface area (Å²) in [6.07, 6.45) is -0.690. The first-order valence-electron chi connectivity index (χ1n) is 11.6. The van der Waals surface area contributed by atoms with E-state index in [0.717, 1.165) is 22.3 Å². The summed E-state index contributed by atoms with van der Waals surface area (Å²) in [6.45, 7) is 0.324. The SMILES string of the molecule is N#CCCCC(NC(=O)OCC1c2ccccc2-c2ccccc21)C(=O)NC1CCOC1C(=O)O. The van der Waals surface area contributed by atoms with Gasteiger partial charge in [-0.25, -0.2) is 9.59 Å². The van der Waals surface area contributed by atoms with Crippen LogP contribution in [0.1, 0.15) is 42.7 Å². The zero-order valence-electron chi connectivity index (χ0n) is 19.1. The summed E-state index contributed by atoms with van der Waals surface area (Å²) in [7, 11) is 0. The minimum atomic E-state index is -1.15. The van der Waals surface area contributed by atoms with Crippen LogP contribution < -0.4 is 10.6 Å². The van der Waals surface area contributed by atoms with Crippen molar-refractivity contribution in [3.63, 3.8) is 0 Å². The summed E-state index contributed by atoms with van der Waals surface area (Å²) in [5.74, 6) is -1.80. The normalized spacial score (nSPS) is 19.2. The molecule has 2 aliphatic rings. The number of hydrogen-bond acceptors (Lipinski definition) is 6. The first kappa shape index (κ1) is 24.2. The van der Waals surface area contributed by atoms with Crippen LogP contribution in [0, 0.1) is 11.3 Å². The van der Waals surface area contributed by atoms with Gasteiger partial charge in [-0.1, -0.05) is 48.5 Å². The molecule has 3 unspecified atom stereocenters. The molecule has 0 spiro atoms. The van der Waals surface area contributed by atoms with Crippen LogP contribution >= 0.6 is 0 Å². The molecule has 1 aliphatic carbocycles. The van der Waals surface area contributed by atoms with Crippen LogP contribution in [0.25, 0.3) is 11.1 Å². The summed E-state index contributed by atoms with van der Waals surface area (Å²) in [4.78, 5) is 36.9. The highest BCUT2D eigenvalue weighted by atomic mass is 16.5. The van der Waals surface area contributed by atoms with Crippen LogP contribution in [-0.4, -0.2) is 54.5 Å². The lowest BCUT2D eigenvalue weighted by Crippen LogP contribution is -2.52. The van der Waals surface area contributed by atoms with Crippen molar-refractivity contribution in [3.05, 3.63) is 59.7 Å². The lowest BCUT2D eigenvalue weighted by molar-refractivity contribution is -0.148. The third-order valence-corrected chi connectivity index (χ3v) is 6.40. The Labute approximate surface area is 203 Å². The lowest BCUT2D eigenvalue weighted by Gasteiger charge is -2.22. The first-order valence-corrected chi connectivity index (χ1v) is 11.6. The summed E-state index contributed by atoms with van der Waals surface area (Å²) >= 11 is 0. The number of fused-ring (bicyclic) bond motifs is 3. The van der Waals surface area contributed by atoms with Crippen molar-refractivity contribution in [2.24, 2.45) is 0 Å². The van der Waals surface area contributed by atoms with Crippen molar-refractivity contribution >= 4 is 18.0 Å². The molecule has 4 rings (SSSR count). The van der Waals surface area contributed by atoms with E-state index < -0.39 is 36.2 Å². The van der Waals surface area contributed by atoms with Gasteiger partial charge in [0, 0.05) is 18.9 Å². The number of carbonyl (C=O) groups excluding carboxylic acids is 2. The number of benzene rings is 2. The topological polar surface area (TPSA) is 138 Å². The van der Waals surface area contributed by atoms with E-state index in [1.165, 1.54) is 0 Å². The van der Waals surface area contributed by atoms with Crippen molar-refractivity contribution in [1.82, 2.24) is 10.6 Å². The molecule has 1 aliphatic heterocycles. The van der Waals surface area contributed by atoms with E-state index in [1.807, 2.05) is 54.6 Å². The van der Waals surface area contributed by atoms with E-state index in [-0.39, 0.29) is 32.0 Å². The maximum absolute atomic E-state index is 12.9. The number of hydrogen-bond donors (Lipinski definition) is 3. The van der Waals surface area contributed by atoms with Crippen molar-refractivity contribution in [3.8, 4) is 17.2 Å². The number of ether oxygens (including phenoxy) is 2. The molecule has 2 aromatic rings. The fourth-order valence-corrected chi connectivity index (χ4v) is 4.70. The maximum Gasteiger partial charge on any atom is 0.407 e. The number of alkyl carbamates (subject to hydrolysis) is 1. The summed E-state index contributed by atoms with van der Waals surface area (Å²) in [6, 6.07) is 16.3. The van der Waals surface area contributed by atoms with Crippen molar-refractivity contribution < 1.29 is 29.0 Å². The van der Waals surface area contributed by atoms with E-state index in [4.69, 9.17) is 14.7 Å². The molecule has 9 heteroatoms. The number of unbranched alkanes of at least 4 members (excludes halogenated alkanes) is 1. The number of nitrogens with zero attached hydrogens (tertiary/aromatic N) is 1. The third kappa shape index (κ3) is 5.44. The molecule has 35 heavy (non-hydrogen) atoms.